The molecule has 0 aromatic heterocycles. The van der Waals surface area contributed by atoms with Crippen molar-refractivity contribution in [3.8, 4) is 0 Å². The molecule has 1 atom stereocenters. The summed E-state index contributed by atoms with van der Waals surface area (Å²) >= 11 is 0. The lowest BCUT2D eigenvalue weighted by molar-refractivity contribution is -0.147. The summed E-state index contributed by atoms with van der Waals surface area (Å²) in [7, 11) is 0. The molecule has 2 N–H and O–H groups in total. The lowest BCUT2D eigenvalue weighted by atomic mass is 9.98. The van der Waals surface area contributed by atoms with Gasteiger partial charge in [0.25, 0.3) is 0 Å². The molecule has 1 aromatic carbocycles. The molecule has 1 rings (SSSR count). The molecule has 0 aliphatic heterocycles. The average molecular weight is 272 g/mol. The van der Waals surface area contributed by atoms with Crippen molar-refractivity contribution in [2.45, 2.75) is 33.2 Å². The Hall–Kier alpha value is -1.06. The number of benzene rings is 1. The molecule has 3 nitrogen and oxygen atoms in total. The number of carbonyl (C=O) groups is 1. The monoisotopic (exact) mass is 271 g/mol. The van der Waals surface area contributed by atoms with Crippen LogP contribution in [0.15, 0.2) is 30.3 Å². The van der Waals surface area contributed by atoms with Crippen LogP contribution in [-0.4, -0.2) is 18.6 Å². The first kappa shape index (κ1) is 16.9. The zero-order chi connectivity index (χ0) is 12.9. The Bertz CT molecular complexity index is 360. The van der Waals surface area contributed by atoms with Crippen molar-refractivity contribution >= 4 is 18.4 Å². The molecular formula is C14H22ClNO2. The molecule has 0 aliphatic carbocycles. The minimum absolute atomic E-state index is 0. The fraction of sp³-hybridized carbons (Fsp3) is 0.500. The normalized spacial score (nSPS) is 12.4. The van der Waals surface area contributed by atoms with Crippen LogP contribution in [0.4, 0.5) is 0 Å². The van der Waals surface area contributed by atoms with Crippen molar-refractivity contribution in [3.05, 3.63) is 35.9 Å². The second-order valence-electron chi connectivity index (χ2n) is 5.46. The van der Waals surface area contributed by atoms with Crippen LogP contribution in [0.2, 0.25) is 0 Å². The summed E-state index contributed by atoms with van der Waals surface area (Å²) in [6, 6.07) is 9.13. The number of hydrogen-bond donors (Lipinski definition) is 1. The third-order valence-electron chi connectivity index (χ3n) is 2.25. The van der Waals surface area contributed by atoms with Gasteiger partial charge < -0.3 is 10.5 Å². The molecule has 0 saturated heterocycles. The van der Waals surface area contributed by atoms with E-state index in [0.717, 1.165) is 5.56 Å². The van der Waals surface area contributed by atoms with Gasteiger partial charge in [0.2, 0.25) is 0 Å². The minimum atomic E-state index is -0.584. The van der Waals surface area contributed by atoms with E-state index in [-0.39, 0.29) is 23.8 Å². The van der Waals surface area contributed by atoms with Crippen molar-refractivity contribution in [1.29, 1.82) is 0 Å². The highest BCUT2D eigenvalue weighted by Gasteiger charge is 2.19. The second-order valence-corrected chi connectivity index (χ2v) is 5.46. The number of rotatable bonds is 4. The fourth-order valence-electron chi connectivity index (χ4n) is 1.35. The third kappa shape index (κ3) is 6.62. The fourth-order valence-corrected chi connectivity index (χ4v) is 1.35. The van der Waals surface area contributed by atoms with Crippen LogP contribution in [-0.2, 0) is 16.0 Å². The second kappa shape index (κ2) is 7.39. The Morgan fingerprint density at radius 2 is 1.83 bits per heavy atom. The summed E-state index contributed by atoms with van der Waals surface area (Å²) in [5.41, 5.74) is 6.83. The van der Waals surface area contributed by atoms with Crippen LogP contribution in [0.25, 0.3) is 0 Å². The van der Waals surface area contributed by atoms with Crippen molar-refractivity contribution < 1.29 is 9.53 Å². The van der Waals surface area contributed by atoms with E-state index in [1.165, 1.54) is 0 Å². The smallest absolute Gasteiger partial charge is 0.323 e. The van der Waals surface area contributed by atoms with E-state index in [9.17, 15) is 4.79 Å². The Labute approximate surface area is 115 Å². The summed E-state index contributed by atoms with van der Waals surface area (Å²) in [6.45, 7) is 6.45. The zero-order valence-electron chi connectivity index (χ0n) is 11.2. The van der Waals surface area contributed by atoms with Gasteiger partial charge in [-0.3, -0.25) is 4.79 Å². The Morgan fingerprint density at radius 1 is 1.28 bits per heavy atom. The molecule has 1 aromatic rings. The van der Waals surface area contributed by atoms with Gasteiger partial charge in [-0.25, -0.2) is 0 Å². The van der Waals surface area contributed by atoms with Gasteiger partial charge in [-0.15, -0.1) is 12.4 Å². The van der Waals surface area contributed by atoms with Crippen molar-refractivity contribution in [2.75, 3.05) is 6.61 Å². The highest BCUT2D eigenvalue weighted by molar-refractivity contribution is 5.85. The van der Waals surface area contributed by atoms with Gasteiger partial charge in [0.05, 0.1) is 6.61 Å². The van der Waals surface area contributed by atoms with Crippen LogP contribution < -0.4 is 5.73 Å². The van der Waals surface area contributed by atoms with Crippen LogP contribution in [0, 0.1) is 5.41 Å². The van der Waals surface area contributed by atoms with Gasteiger partial charge in [0.15, 0.2) is 0 Å². The van der Waals surface area contributed by atoms with E-state index < -0.39 is 6.04 Å². The molecule has 0 aliphatic rings. The zero-order valence-corrected chi connectivity index (χ0v) is 12.0. The number of hydrogen-bond acceptors (Lipinski definition) is 3. The van der Waals surface area contributed by atoms with E-state index in [2.05, 4.69) is 0 Å². The summed E-state index contributed by atoms with van der Waals surface area (Å²) in [5.74, 6) is -0.330. The predicted molar refractivity (Wildman–Crippen MR) is 75.8 cm³/mol. The molecule has 0 bridgehead atoms. The Morgan fingerprint density at radius 3 is 2.33 bits per heavy atom. The maximum absolute atomic E-state index is 11.6. The van der Waals surface area contributed by atoms with Crippen molar-refractivity contribution in [1.82, 2.24) is 0 Å². The van der Waals surface area contributed by atoms with Gasteiger partial charge in [-0.1, -0.05) is 51.1 Å². The first-order valence-electron chi connectivity index (χ1n) is 5.84. The number of nitrogens with two attached hydrogens (primary N) is 1. The lowest BCUT2D eigenvalue weighted by Gasteiger charge is -2.19. The molecule has 102 valence electrons. The van der Waals surface area contributed by atoms with E-state index >= 15 is 0 Å². The van der Waals surface area contributed by atoms with Crippen LogP contribution in [0.5, 0.6) is 0 Å². The lowest BCUT2D eigenvalue weighted by Crippen LogP contribution is -2.36. The SMILES string of the molecule is CC(C)(C)COC(=O)[C@H](N)Cc1ccccc1.Cl. The maximum atomic E-state index is 11.6. The van der Waals surface area contributed by atoms with Crippen LogP contribution in [0.3, 0.4) is 0 Å². The molecule has 0 radical (unpaired) electrons. The van der Waals surface area contributed by atoms with E-state index in [4.69, 9.17) is 10.5 Å². The highest BCUT2D eigenvalue weighted by Crippen LogP contribution is 2.13. The molecule has 0 unspecified atom stereocenters. The Kier molecular flexibility index (Phi) is 6.96. The quantitative estimate of drug-likeness (QED) is 0.857. The first-order chi connectivity index (χ1) is 7.88. The van der Waals surface area contributed by atoms with E-state index in [1.54, 1.807) is 0 Å². The molecular weight excluding hydrogens is 250 g/mol. The summed E-state index contributed by atoms with van der Waals surface area (Å²) in [4.78, 5) is 11.6. The number of esters is 1. The highest BCUT2D eigenvalue weighted by atomic mass is 35.5. The topological polar surface area (TPSA) is 52.3 Å². The first-order valence-corrected chi connectivity index (χ1v) is 5.84. The number of halogens is 1. The third-order valence-corrected chi connectivity index (χ3v) is 2.25. The molecule has 0 saturated carbocycles. The number of carbonyl (C=O) groups excluding carboxylic acids is 1. The van der Waals surface area contributed by atoms with Gasteiger partial charge in [-0.2, -0.15) is 0 Å². The van der Waals surface area contributed by atoms with Crippen LogP contribution >= 0.6 is 12.4 Å². The van der Waals surface area contributed by atoms with Crippen LogP contribution in [0.1, 0.15) is 26.3 Å². The summed E-state index contributed by atoms with van der Waals surface area (Å²) in [5, 5.41) is 0. The van der Waals surface area contributed by atoms with Gasteiger partial charge in [-0.05, 0) is 17.4 Å². The predicted octanol–water partition coefficient (Wildman–Crippen LogP) is 2.57. The van der Waals surface area contributed by atoms with Gasteiger partial charge >= 0.3 is 5.97 Å². The molecule has 0 amide bonds. The minimum Gasteiger partial charge on any atom is -0.464 e. The average Bonchev–Trinajstić information content (AvgIpc) is 2.26. The van der Waals surface area contributed by atoms with E-state index in [0.29, 0.717) is 13.0 Å². The molecule has 0 fully saturated rings. The van der Waals surface area contributed by atoms with Crippen molar-refractivity contribution in [3.63, 3.8) is 0 Å². The largest absolute Gasteiger partial charge is 0.464 e. The summed E-state index contributed by atoms with van der Waals surface area (Å²) in [6.07, 6.45) is 0.518. The van der Waals surface area contributed by atoms with Gasteiger partial charge in [0.1, 0.15) is 6.04 Å². The van der Waals surface area contributed by atoms with Gasteiger partial charge in [0, 0.05) is 0 Å². The van der Waals surface area contributed by atoms with E-state index in [1.807, 2.05) is 51.1 Å². The standard InChI is InChI=1S/C14H21NO2.ClH/c1-14(2,3)10-17-13(16)12(15)9-11-7-5-4-6-8-11;/h4-8,12H,9-10,15H2,1-3H3;1H/t12-;/m1./s1. The number of ether oxygens (including phenoxy) is 1. The molecule has 0 heterocycles. The molecule has 4 heteroatoms. The maximum Gasteiger partial charge on any atom is 0.323 e. The summed E-state index contributed by atoms with van der Waals surface area (Å²) < 4.78 is 5.18. The Balaban J connectivity index is 0.00000289. The molecule has 0 spiro atoms. The molecule has 18 heavy (non-hydrogen) atoms. The van der Waals surface area contributed by atoms with Crippen molar-refractivity contribution in [2.24, 2.45) is 11.1 Å².